The molecule has 0 atom stereocenters. The number of amides is 2. The molecule has 2 aromatic carbocycles. The Morgan fingerprint density at radius 2 is 1.79 bits per heavy atom. The maximum atomic E-state index is 14.1. The predicted molar refractivity (Wildman–Crippen MR) is 106 cm³/mol. The number of rotatable bonds is 7. The van der Waals surface area contributed by atoms with Gasteiger partial charge in [-0.25, -0.2) is 9.49 Å². The fourth-order valence-corrected chi connectivity index (χ4v) is 2.90. The summed E-state index contributed by atoms with van der Waals surface area (Å²) in [7, 11) is 0. The van der Waals surface area contributed by atoms with E-state index in [0.717, 1.165) is 0 Å². The standard InChI is InChI=1S/C20H20FN5O3/c21-16-6-5-12(9-15(16)19(28)24-8-7-23-18(27)11-22)10-17-13-3-1-2-4-14(13)20(29)26-25-17/h1-6,9H,7-8,10-11,22H2,(H,23,27)(H,24,28)(H,26,29). The molecule has 0 fully saturated rings. The van der Waals surface area contributed by atoms with Crippen LogP contribution in [0.2, 0.25) is 0 Å². The largest absolute Gasteiger partial charge is 0.353 e. The van der Waals surface area contributed by atoms with E-state index in [-0.39, 0.29) is 36.7 Å². The highest BCUT2D eigenvalue weighted by molar-refractivity contribution is 5.94. The minimum atomic E-state index is -0.656. The molecule has 1 heterocycles. The summed E-state index contributed by atoms with van der Waals surface area (Å²) < 4.78 is 14.1. The number of nitrogens with two attached hydrogens (primary N) is 1. The summed E-state index contributed by atoms with van der Waals surface area (Å²) in [4.78, 5) is 35.3. The number of carbonyl (C=O) groups excluding carboxylic acids is 2. The Balaban J connectivity index is 1.76. The van der Waals surface area contributed by atoms with Crippen molar-refractivity contribution in [2.45, 2.75) is 6.42 Å². The van der Waals surface area contributed by atoms with Crippen molar-refractivity contribution in [3.63, 3.8) is 0 Å². The van der Waals surface area contributed by atoms with Gasteiger partial charge in [0.1, 0.15) is 5.82 Å². The van der Waals surface area contributed by atoms with Crippen LogP contribution >= 0.6 is 0 Å². The van der Waals surface area contributed by atoms with E-state index in [4.69, 9.17) is 5.73 Å². The first kappa shape index (κ1) is 20.2. The molecule has 0 unspecified atom stereocenters. The Morgan fingerprint density at radius 1 is 1.07 bits per heavy atom. The van der Waals surface area contributed by atoms with Gasteiger partial charge in [0.15, 0.2) is 0 Å². The first-order valence-corrected chi connectivity index (χ1v) is 8.99. The van der Waals surface area contributed by atoms with Gasteiger partial charge in [0, 0.05) is 24.9 Å². The molecule has 0 saturated heterocycles. The van der Waals surface area contributed by atoms with Gasteiger partial charge in [-0.05, 0) is 23.8 Å². The summed E-state index contributed by atoms with van der Waals surface area (Å²) in [6.07, 6.45) is 0.310. The highest BCUT2D eigenvalue weighted by atomic mass is 19.1. The number of fused-ring (bicyclic) bond motifs is 1. The topological polar surface area (TPSA) is 130 Å². The zero-order chi connectivity index (χ0) is 20.8. The van der Waals surface area contributed by atoms with Gasteiger partial charge < -0.3 is 16.4 Å². The summed E-state index contributed by atoms with van der Waals surface area (Å²) in [5.74, 6) is -1.59. The average molecular weight is 397 g/mol. The van der Waals surface area contributed by atoms with Gasteiger partial charge in [-0.15, -0.1) is 0 Å². The Bertz CT molecular complexity index is 1110. The number of nitrogens with one attached hydrogen (secondary N) is 3. The second-order valence-corrected chi connectivity index (χ2v) is 6.35. The Hall–Kier alpha value is -3.59. The lowest BCUT2D eigenvalue weighted by atomic mass is 10.0. The molecule has 5 N–H and O–H groups in total. The van der Waals surface area contributed by atoms with Crippen molar-refractivity contribution in [1.82, 2.24) is 20.8 Å². The molecule has 1 aromatic heterocycles. The lowest BCUT2D eigenvalue weighted by Gasteiger charge is -2.09. The van der Waals surface area contributed by atoms with E-state index in [9.17, 15) is 18.8 Å². The van der Waals surface area contributed by atoms with E-state index >= 15 is 0 Å². The molecule has 2 amide bonds. The van der Waals surface area contributed by atoms with Crippen LogP contribution in [0.1, 0.15) is 21.6 Å². The van der Waals surface area contributed by atoms with Gasteiger partial charge in [-0.1, -0.05) is 24.3 Å². The quantitative estimate of drug-likeness (QED) is 0.430. The van der Waals surface area contributed by atoms with Gasteiger partial charge >= 0.3 is 0 Å². The first-order valence-electron chi connectivity index (χ1n) is 8.99. The van der Waals surface area contributed by atoms with Crippen LogP contribution in [-0.4, -0.2) is 41.6 Å². The van der Waals surface area contributed by atoms with Crippen LogP contribution in [0.4, 0.5) is 4.39 Å². The summed E-state index contributed by atoms with van der Waals surface area (Å²) in [5.41, 5.74) is 6.06. The van der Waals surface area contributed by atoms with Crippen LogP contribution in [0.5, 0.6) is 0 Å². The number of hydrogen-bond donors (Lipinski definition) is 4. The summed E-state index contributed by atoms with van der Waals surface area (Å²) in [5, 5.41) is 12.8. The maximum Gasteiger partial charge on any atom is 0.272 e. The van der Waals surface area contributed by atoms with Crippen LogP contribution in [0, 0.1) is 5.82 Å². The number of carbonyl (C=O) groups is 2. The second-order valence-electron chi connectivity index (χ2n) is 6.35. The summed E-state index contributed by atoms with van der Waals surface area (Å²) in [6.45, 7) is 0.189. The molecule has 0 radical (unpaired) electrons. The normalized spacial score (nSPS) is 10.7. The van der Waals surface area contributed by atoms with E-state index in [0.29, 0.717) is 28.5 Å². The van der Waals surface area contributed by atoms with E-state index in [1.54, 1.807) is 30.3 Å². The number of halogens is 1. The third-order valence-electron chi connectivity index (χ3n) is 4.34. The van der Waals surface area contributed by atoms with E-state index in [2.05, 4.69) is 20.8 Å². The maximum absolute atomic E-state index is 14.1. The van der Waals surface area contributed by atoms with Crippen LogP contribution in [0.25, 0.3) is 10.8 Å². The third-order valence-corrected chi connectivity index (χ3v) is 4.34. The van der Waals surface area contributed by atoms with Gasteiger partial charge in [-0.3, -0.25) is 14.4 Å². The smallest absolute Gasteiger partial charge is 0.272 e. The van der Waals surface area contributed by atoms with Crippen LogP contribution in [-0.2, 0) is 11.2 Å². The molecule has 3 rings (SSSR count). The molecule has 9 heteroatoms. The van der Waals surface area contributed by atoms with E-state index in [1.807, 2.05) is 0 Å². The van der Waals surface area contributed by atoms with E-state index in [1.165, 1.54) is 12.1 Å². The zero-order valence-electron chi connectivity index (χ0n) is 15.5. The highest BCUT2D eigenvalue weighted by Gasteiger charge is 2.14. The van der Waals surface area contributed by atoms with Crippen molar-refractivity contribution in [1.29, 1.82) is 0 Å². The molecule has 3 aromatic rings. The Kier molecular flexibility index (Phi) is 6.30. The number of aromatic nitrogens is 2. The van der Waals surface area contributed by atoms with Crippen molar-refractivity contribution in [3.05, 3.63) is 75.5 Å². The number of aromatic amines is 1. The predicted octanol–water partition coefficient (Wildman–Crippen LogP) is 0.458. The number of benzene rings is 2. The van der Waals surface area contributed by atoms with Crippen LogP contribution in [0.15, 0.2) is 47.3 Å². The SMILES string of the molecule is NCC(=O)NCCNC(=O)c1cc(Cc2n[nH]c(=O)c3ccccc23)ccc1F. The first-order chi connectivity index (χ1) is 14.0. The number of nitrogens with zero attached hydrogens (tertiary/aromatic N) is 1. The van der Waals surface area contributed by atoms with Crippen molar-refractivity contribution >= 4 is 22.6 Å². The molecule has 0 aliphatic heterocycles. The third kappa shape index (κ3) is 4.82. The van der Waals surface area contributed by atoms with Crippen LogP contribution < -0.4 is 21.9 Å². The molecule has 8 nitrogen and oxygen atoms in total. The molecule has 0 aliphatic carbocycles. The van der Waals surface area contributed by atoms with Crippen molar-refractivity contribution < 1.29 is 14.0 Å². The Morgan fingerprint density at radius 3 is 2.55 bits per heavy atom. The molecule has 0 bridgehead atoms. The molecule has 29 heavy (non-hydrogen) atoms. The van der Waals surface area contributed by atoms with Crippen LogP contribution in [0.3, 0.4) is 0 Å². The Labute approximate surface area is 165 Å². The fourth-order valence-electron chi connectivity index (χ4n) is 2.90. The number of hydrogen-bond acceptors (Lipinski definition) is 5. The average Bonchev–Trinajstić information content (AvgIpc) is 2.74. The molecular formula is C20H20FN5O3. The number of H-pyrrole nitrogens is 1. The molecular weight excluding hydrogens is 377 g/mol. The second kappa shape index (κ2) is 9.07. The van der Waals surface area contributed by atoms with Crippen molar-refractivity contribution in [2.24, 2.45) is 5.73 Å². The molecule has 0 aliphatic rings. The van der Waals surface area contributed by atoms with Gasteiger partial charge in [0.2, 0.25) is 5.91 Å². The van der Waals surface area contributed by atoms with Crippen molar-refractivity contribution in [3.8, 4) is 0 Å². The minimum Gasteiger partial charge on any atom is -0.353 e. The minimum absolute atomic E-state index is 0.110. The van der Waals surface area contributed by atoms with E-state index < -0.39 is 11.7 Å². The molecule has 150 valence electrons. The summed E-state index contributed by atoms with van der Waals surface area (Å²) >= 11 is 0. The monoisotopic (exact) mass is 397 g/mol. The lowest BCUT2D eigenvalue weighted by Crippen LogP contribution is -2.37. The lowest BCUT2D eigenvalue weighted by molar-refractivity contribution is -0.119. The fraction of sp³-hybridized carbons (Fsp3) is 0.200. The highest BCUT2D eigenvalue weighted by Crippen LogP contribution is 2.18. The van der Waals surface area contributed by atoms with Gasteiger partial charge in [-0.2, -0.15) is 5.10 Å². The summed E-state index contributed by atoms with van der Waals surface area (Å²) in [6, 6.07) is 11.3. The molecule has 0 spiro atoms. The van der Waals surface area contributed by atoms with Gasteiger partial charge in [0.05, 0.1) is 23.2 Å². The zero-order valence-corrected chi connectivity index (χ0v) is 15.5. The van der Waals surface area contributed by atoms with Gasteiger partial charge in [0.25, 0.3) is 11.5 Å². The molecule has 0 saturated carbocycles. The van der Waals surface area contributed by atoms with Crippen molar-refractivity contribution in [2.75, 3.05) is 19.6 Å².